The first kappa shape index (κ1) is 17.3. The van der Waals surface area contributed by atoms with Gasteiger partial charge in [0.25, 0.3) is 0 Å². The highest BCUT2D eigenvalue weighted by Crippen LogP contribution is 2.22. The molecular weight excluding hydrogens is 294 g/mol. The van der Waals surface area contributed by atoms with Crippen LogP contribution < -0.4 is 0 Å². The molecule has 1 aliphatic heterocycles. The van der Waals surface area contributed by atoms with E-state index in [2.05, 4.69) is 12.1 Å². The lowest BCUT2D eigenvalue weighted by Gasteiger charge is -2.39. The van der Waals surface area contributed by atoms with E-state index in [1.165, 1.54) is 10.5 Å². The molecule has 0 N–H and O–H groups in total. The number of esters is 1. The van der Waals surface area contributed by atoms with Crippen LogP contribution in [0, 0.1) is 0 Å². The lowest BCUT2D eigenvalue weighted by Crippen LogP contribution is -2.56. The van der Waals surface area contributed by atoms with Crippen LogP contribution in [0.4, 0.5) is 4.79 Å². The van der Waals surface area contributed by atoms with Crippen molar-refractivity contribution in [2.45, 2.75) is 51.7 Å². The van der Waals surface area contributed by atoms with Gasteiger partial charge in [0.2, 0.25) is 0 Å². The summed E-state index contributed by atoms with van der Waals surface area (Å²) in [5.41, 5.74) is 0.666. The molecule has 1 fully saturated rings. The van der Waals surface area contributed by atoms with Crippen LogP contribution in [0.15, 0.2) is 30.3 Å². The fourth-order valence-corrected chi connectivity index (χ4v) is 2.36. The number of ether oxygens (including phenoxy) is 2. The second-order valence-corrected chi connectivity index (χ2v) is 6.73. The molecule has 1 aromatic carbocycles. The van der Waals surface area contributed by atoms with E-state index in [0.717, 1.165) is 12.8 Å². The van der Waals surface area contributed by atoms with Gasteiger partial charge in [-0.05, 0) is 45.6 Å². The molecule has 1 atom stereocenters. The molecule has 1 aliphatic rings. The van der Waals surface area contributed by atoms with Crippen molar-refractivity contribution in [1.29, 1.82) is 0 Å². The Morgan fingerprint density at radius 2 is 1.91 bits per heavy atom. The van der Waals surface area contributed by atoms with E-state index >= 15 is 0 Å². The number of carbonyl (C=O) groups excluding carboxylic acids is 2. The molecule has 5 heteroatoms. The minimum atomic E-state index is -0.559. The number of carbonyl (C=O) groups is 2. The van der Waals surface area contributed by atoms with E-state index in [-0.39, 0.29) is 5.97 Å². The summed E-state index contributed by atoms with van der Waals surface area (Å²) in [5.74, 6) is -0.338. The Balaban J connectivity index is 1.70. The molecule has 0 radical (unpaired) electrons. The first-order valence-corrected chi connectivity index (χ1v) is 8.07. The Morgan fingerprint density at radius 3 is 2.48 bits per heavy atom. The predicted octanol–water partition coefficient (Wildman–Crippen LogP) is 3.17. The number of rotatable bonds is 5. The van der Waals surface area contributed by atoms with Crippen molar-refractivity contribution in [1.82, 2.24) is 4.90 Å². The van der Waals surface area contributed by atoms with Crippen LogP contribution in [0.3, 0.4) is 0 Å². The monoisotopic (exact) mass is 319 g/mol. The highest BCUT2D eigenvalue weighted by molar-refractivity contribution is 5.83. The molecule has 0 saturated carbocycles. The van der Waals surface area contributed by atoms with Gasteiger partial charge in [0.1, 0.15) is 11.6 Å². The van der Waals surface area contributed by atoms with Crippen LogP contribution in [0.2, 0.25) is 0 Å². The number of amides is 1. The zero-order chi connectivity index (χ0) is 16.9. The topological polar surface area (TPSA) is 55.8 Å². The summed E-state index contributed by atoms with van der Waals surface area (Å²) in [5, 5.41) is 0. The number of likely N-dealkylation sites (tertiary alicyclic amines) is 1. The Labute approximate surface area is 137 Å². The normalized spacial score (nSPS) is 17.3. The van der Waals surface area contributed by atoms with Crippen molar-refractivity contribution in [3.05, 3.63) is 35.9 Å². The van der Waals surface area contributed by atoms with Gasteiger partial charge in [0.05, 0.1) is 6.61 Å². The van der Waals surface area contributed by atoms with Gasteiger partial charge in [-0.1, -0.05) is 30.3 Å². The van der Waals surface area contributed by atoms with Crippen LogP contribution in [0.25, 0.3) is 0 Å². The molecule has 1 unspecified atom stereocenters. The SMILES string of the molecule is CC(C)(C)OC(=O)N1CCC1C(=O)OCCCc1ccccc1. The molecule has 0 spiro atoms. The largest absolute Gasteiger partial charge is 0.464 e. The molecule has 1 heterocycles. The molecule has 23 heavy (non-hydrogen) atoms. The highest BCUT2D eigenvalue weighted by atomic mass is 16.6. The zero-order valence-corrected chi connectivity index (χ0v) is 14.1. The van der Waals surface area contributed by atoms with Gasteiger partial charge in [0.15, 0.2) is 0 Å². The molecule has 1 amide bonds. The lowest BCUT2D eigenvalue weighted by atomic mass is 10.0. The highest BCUT2D eigenvalue weighted by Gasteiger charge is 2.40. The third-order valence-electron chi connectivity index (χ3n) is 3.62. The summed E-state index contributed by atoms with van der Waals surface area (Å²) in [7, 11) is 0. The third-order valence-corrected chi connectivity index (χ3v) is 3.62. The minimum absolute atomic E-state index is 0.338. The standard InChI is InChI=1S/C18H25NO4/c1-18(2,3)23-17(21)19-12-11-15(19)16(20)22-13-7-10-14-8-5-4-6-9-14/h4-6,8-9,15H,7,10-13H2,1-3H3. The van der Waals surface area contributed by atoms with Crippen molar-refractivity contribution in [3.8, 4) is 0 Å². The molecule has 1 aromatic rings. The quantitative estimate of drug-likeness (QED) is 0.618. The Morgan fingerprint density at radius 1 is 1.22 bits per heavy atom. The van der Waals surface area contributed by atoms with Crippen molar-refractivity contribution in [3.63, 3.8) is 0 Å². The van der Waals surface area contributed by atoms with Crippen molar-refractivity contribution in [2.75, 3.05) is 13.2 Å². The van der Waals surface area contributed by atoms with Crippen LogP contribution in [0.1, 0.15) is 39.2 Å². The minimum Gasteiger partial charge on any atom is -0.464 e. The van der Waals surface area contributed by atoms with Gasteiger partial charge in [-0.2, -0.15) is 0 Å². The van der Waals surface area contributed by atoms with Crippen molar-refractivity contribution < 1.29 is 19.1 Å². The Hall–Kier alpha value is -2.04. The van der Waals surface area contributed by atoms with Crippen molar-refractivity contribution >= 4 is 12.1 Å². The lowest BCUT2D eigenvalue weighted by molar-refractivity contribution is -0.154. The maximum absolute atomic E-state index is 12.0. The second-order valence-electron chi connectivity index (χ2n) is 6.73. The molecule has 5 nitrogen and oxygen atoms in total. The Kier molecular flexibility index (Phi) is 5.64. The molecule has 2 rings (SSSR count). The molecule has 126 valence electrons. The van der Waals surface area contributed by atoms with Crippen LogP contribution in [-0.2, 0) is 20.7 Å². The van der Waals surface area contributed by atoms with E-state index in [0.29, 0.717) is 19.6 Å². The van der Waals surface area contributed by atoms with Gasteiger partial charge in [-0.15, -0.1) is 0 Å². The number of aryl methyl sites for hydroxylation is 1. The average molecular weight is 319 g/mol. The summed E-state index contributed by atoms with van der Waals surface area (Å²) < 4.78 is 10.6. The summed E-state index contributed by atoms with van der Waals surface area (Å²) in [6.07, 6.45) is 1.83. The molecule has 0 aliphatic carbocycles. The number of nitrogens with zero attached hydrogens (tertiary/aromatic N) is 1. The van der Waals surface area contributed by atoms with Gasteiger partial charge < -0.3 is 9.47 Å². The number of benzene rings is 1. The molecule has 0 aromatic heterocycles. The first-order valence-electron chi connectivity index (χ1n) is 8.07. The first-order chi connectivity index (χ1) is 10.9. The van der Waals surface area contributed by atoms with E-state index in [4.69, 9.17) is 9.47 Å². The fraction of sp³-hybridized carbons (Fsp3) is 0.556. The number of hydrogen-bond acceptors (Lipinski definition) is 4. The van der Waals surface area contributed by atoms with Crippen LogP contribution in [0.5, 0.6) is 0 Å². The van der Waals surface area contributed by atoms with Crippen molar-refractivity contribution in [2.24, 2.45) is 0 Å². The summed E-state index contributed by atoms with van der Waals surface area (Å²) in [4.78, 5) is 25.4. The third kappa shape index (κ3) is 5.27. The average Bonchev–Trinajstić information content (AvgIpc) is 2.41. The summed E-state index contributed by atoms with van der Waals surface area (Å²) in [6, 6.07) is 9.58. The van der Waals surface area contributed by atoms with E-state index in [9.17, 15) is 9.59 Å². The zero-order valence-electron chi connectivity index (χ0n) is 14.1. The van der Waals surface area contributed by atoms with E-state index in [1.807, 2.05) is 39.0 Å². The summed E-state index contributed by atoms with van der Waals surface area (Å²) in [6.45, 7) is 6.33. The number of hydrogen-bond donors (Lipinski definition) is 0. The predicted molar refractivity (Wildman–Crippen MR) is 87.1 cm³/mol. The second kappa shape index (κ2) is 7.49. The maximum atomic E-state index is 12.0. The van der Waals surface area contributed by atoms with Gasteiger partial charge in [-0.3, -0.25) is 4.90 Å². The van der Waals surface area contributed by atoms with Gasteiger partial charge in [-0.25, -0.2) is 9.59 Å². The smallest absolute Gasteiger partial charge is 0.411 e. The van der Waals surface area contributed by atoms with E-state index in [1.54, 1.807) is 0 Å². The van der Waals surface area contributed by atoms with Gasteiger partial charge >= 0.3 is 12.1 Å². The molecule has 0 bridgehead atoms. The summed E-state index contributed by atoms with van der Waals surface area (Å²) >= 11 is 0. The fourth-order valence-electron chi connectivity index (χ4n) is 2.36. The Bertz CT molecular complexity index is 536. The van der Waals surface area contributed by atoms with Crippen LogP contribution in [-0.4, -0.2) is 41.8 Å². The van der Waals surface area contributed by atoms with E-state index < -0.39 is 17.7 Å². The molecular formula is C18H25NO4. The van der Waals surface area contributed by atoms with Gasteiger partial charge in [0, 0.05) is 6.54 Å². The molecule has 1 saturated heterocycles. The maximum Gasteiger partial charge on any atom is 0.411 e. The van der Waals surface area contributed by atoms with Crippen LogP contribution >= 0.6 is 0 Å².